The molecule has 0 saturated heterocycles. The number of amides is 1. The Kier molecular flexibility index (Phi) is 5.20. The smallest absolute Gasteiger partial charge is 0.274 e. The number of hydrogen-bond acceptors (Lipinski definition) is 5. The number of fused-ring (bicyclic) bond motifs is 2. The molecule has 0 unspecified atom stereocenters. The first-order valence-electron chi connectivity index (χ1n) is 9.73. The van der Waals surface area contributed by atoms with Crippen LogP contribution < -0.4 is 20.3 Å². The first kappa shape index (κ1) is 19.0. The molecule has 0 fully saturated rings. The van der Waals surface area contributed by atoms with Crippen molar-refractivity contribution in [2.24, 2.45) is 0 Å². The predicted octanol–water partition coefficient (Wildman–Crippen LogP) is 2.72. The van der Waals surface area contributed by atoms with Crippen LogP contribution in [0.5, 0.6) is 11.5 Å². The number of ether oxygens (including phenoxy) is 2. The Bertz CT molecular complexity index is 1120. The second kappa shape index (κ2) is 7.95. The molecule has 2 heterocycles. The van der Waals surface area contributed by atoms with Crippen molar-refractivity contribution in [1.29, 1.82) is 0 Å². The molecule has 0 bridgehead atoms. The largest absolute Gasteiger partial charge is 0.486 e. The second-order valence-corrected chi connectivity index (χ2v) is 7.22. The third kappa shape index (κ3) is 3.81. The summed E-state index contributed by atoms with van der Waals surface area (Å²) in [5, 5.41) is 8.31. The molecule has 2 aromatic carbocycles. The second-order valence-electron chi connectivity index (χ2n) is 7.22. The molecule has 7 heteroatoms. The number of aromatic nitrogens is 2. The van der Waals surface area contributed by atoms with E-state index in [-0.39, 0.29) is 23.2 Å². The summed E-state index contributed by atoms with van der Waals surface area (Å²) >= 11 is 0. The molecule has 1 aromatic heterocycles. The van der Waals surface area contributed by atoms with E-state index in [0.717, 1.165) is 17.1 Å². The standard InChI is InChI=1S/C22H23N3O4/c1-14(2)25-22(27)17-6-4-3-5-16(17)20(24-25)21(26)23-10-9-15-7-8-18-19(13-15)29-12-11-28-18/h3-8,13-14H,9-12H2,1-2H3,(H,23,26). The lowest BCUT2D eigenvalue weighted by Gasteiger charge is -2.19. The average Bonchev–Trinajstić information content (AvgIpc) is 2.73. The van der Waals surface area contributed by atoms with Crippen molar-refractivity contribution < 1.29 is 14.3 Å². The van der Waals surface area contributed by atoms with Crippen molar-refractivity contribution in [3.63, 3.8) is 0 Å². The lowest BCUT2D eigenvalue weighted by molar-refractivity contribution is 0.0948. The summed E-state index contributed by atoms with van der Waals surface area (Å²) in [5.74, 6) is 1.18. The van der Waals surface area contributed by atoms with Gasteiger partial charge in [0.15, 0.2) is 17.2 Å². The maximum atomic E-state index is 12.8. The number of carbonyl (C=O) groups is 1. The van der Waals surface area contributed by atoms with Crippen LogP contribution >= 0.6 is 0 Å². The first-order chi connectivity index (χ1) is 14.0. The van der Waals surface area contributed by atoms with Crippen LogP contribution in [0.15, 0.2) is 47.3 Å². The third-order valence-corrected chi connectivity index (χ3v) is 4.84. The van der Waals surface area contributed by atoms with Gasteiger partial charge in [0.25, 0.3) is 11.5 Å². The minimum Gasteiger partial charge on any atom is -0.486 e. The van der Waals surface area contributed by atoms with Crippen LogP contribution in [-0.4, -0.2) is 35.4 Å². The van der Waals surface area contributed by atoms with Crippen LogP contribution in [-0.2, 0) is 6.42 Å². The van der Waals surface area contributed by atoms with E-state index in [2.05, 4.69) is 10.4 Å². The summed E-state index contributed by atoms with van der Waals surface area (Å²) in [4.78, 5) is 25.4. The highest BCUT2D eigenvalue weighted by Gasteiger charge is 2.18. The number of benzene rings is 2. The lowest BCUT2D eigenvalue weighted by Crippen LogP contribution is -2.32. The molecule has 1 aliphatic rings. The Labute approximate surface area is 168 Å². The fourth-order valence-electron chi connectivity index (χ4n) is 3.37. The monoisotopic (exact) mass is 393 g/mol. The SMILES string of the molecule is CC(C)n1nc(C(=O)NCCc2ccc3c(c2)OCCO3)c2ccccc2c1=O. The summed E-state index contributed by atoms with van der Waals surface area (Å²) in [6.45, 7) is 5.27. The van der Waals surface area contributed by atoms with Crippen LogP contribution in [0.25, 0.3) is 10.8 Å². The van der Waals surface area contributed by atoms with Crippen LogP contribution in [0.2, 0.25) is 0 Å². The third-order valence-electron chi connectivity index (χ3n) is 4.84. The summed E-state index contributed by atoms with van der Waals surface area (Å²) in [7, 11) is 0. The molecular weight excluding hydrogens is 370 g/mol. The zero-order valence-electron chi connectivity index (χ0n) is 16.5. The van der Waals surface area contributed by atoms with Crippen LogP contribution in [0.3, 0.4) is 0 Å². The van der Waals surface area contributed by atoms with Gasteiger partial charge < -0.3 is 14.8 Å². The van der Waals surface area contributed by atoms with E-state index in [1.165, 1.54) is 4.68 Å². The Morgan fingerprint density at radius 1 is 1.10 bits per heavy atom. The Balaban J connectivity index is 1.52. The van der Waals surface area contributed by atoms with Crippen molar-refractivity contribution in [2.75, 3.05) is 19.8 Å². The minimum atomic E-state index is -0.298. The number of hydrogen-bond donors (Lipinski definition) is 1. The van der Waals surface area contributed by atoms with Crippen molar-refractivity contribution in [3.05, 3.63) is 64.1 Å². The van der Waals surface area contributed by atoms with Crippen molar-refractivity contribution in [2.45, 2.75) is 26.3 Å². The first-order valence-corrected chi connectivity index (χ1v) is 9.73. The van der Waals surface area contributed by atoms with E-state index < -0.39 is 0 Å². The Hall–Kier alpha value is -3.35. The molecule has 0 saturated carbocycles. The highest BCUT2D eigenvalue weighted by Crippen LogP contribution is 2.30. The molecule has 0 atom stereocenters. The summed E-state index contributed by atoms with van der Waals surface area (Å²) in [6.07, 6.45) is 0.643. The summed E-state index contributed by atoms with van der Waals surface area (Å²) in [5.41, 5.74) is 1.11. The van der Waals surface area contributed by atoms with Gasteiger partial charge in [-0.1, -0.05) is 24.3 Å². The number of nitrogens with one attached hydrogen (secondary N) is 1. The average molecular weight is 393 g/mol. The zero-order valence-corrected chi connectivity index (χ0v) is 16.5. The summed E-state index contributed by atoms with van der Waals surface area (Å²) in [6, 6.07) is 12.7. The van der Waals surface area contributed by atoms with Gasteiger partial charge in [-0.15, -0.1) is 0 Å². The van der Waals surface area contributed by atoms with Gasteiger partial charge in [-0.05, 0) is 44.0 Å². The molecule has 0 aliphatic carbocycles. The number of carbonyl (C=O) groups excluding carboxylic acids is 1. The summed E-state index contributed by atoms with van der Waals surface area (Å²) < 4.78 is 12.5. The molecule has 1 aliphatic heterocycles. The Morgan fingerprint density at radius 3 is 2.59 bits per heavy atom. The molecule has 150 valence electrons. The topological polar surface area (TPSA) is 82.5 Å². The molecule has 3 aromatic rings. The van der Waals surface area contributed by atoms with Gasteiger partial charge in [-0.2, -0.15) is 5.10 Å². The van der Waals surface area contributed by atoms with E-state index in [0.29, 0.717) is 37.0 Å². The fraction of sp³-hybridized carbons (Fsp3) is 0.318. The molecule has 29 heavy (non-hydrogen) atoms. The van der Waals surface area contributed by atoms with Gasteiger partial charge >= 0.3 is 0 Å². The minimum absolute atomic E-state index is 0.142. The number of rotatable bonds is 5. The van der Waals surface area contributed by atoms with Gasteiger partial charge in [0.05, 0.1) is 11.4 Å². The van der Waals surface area contributed by atoms with E-state index in [9.17, 15) is 9.59 Å². The van der Waals surface area contributed by atoms with Crippen LogP contribution in [0.1, 0.15) is 35.9 Å². The van der Waals surface area contributed by atoms with Crippen molar-refractivity contribution >= 4 is 16.7 Å². The van der Waals surface area contributed by atoms with Gasteiger partial charge in [-0.25, -0.2) is 4.68 Å². The van der Waals surface area contributed by atoms with E-state index >= 15 is 0 Å². The van der Waals surface area contributed by atoms with E-state index in [4.69, 9.17) is 9.47 Å². The molecule has 1 amide bonds. The quantitative estimate of drug-likeness (QED) is 0.721. The van der Waals surface area contributed by atoms with Gasteiger partial charge in [0.1, 0.15) is 13.2 Å². The predicted molar refractivity (Wildman–Crippen MR) is 110 cm³/mol. The van der Waals surface area contributed by atoms with E-state index in [1.54, 1.807) is 24.3 Å². The lowest BCUT2D eigenvalue weighted by atomic mass is 10.1. The molecule has 4 rings (SSSR count). The molecule has 0 radical (unpaired) electrons. The Morgan fingerprint density at radius 2 is 1.83 bits per heavy atom. The highest BCUT2D eigenvalue weighted by atomic mass is 16.6. The van der Waals surface area contributed by atoms with Crippen LogP contribution in [0.4, 0.5) is 0 Å². The van der Waals surface area contributed by atoms with Crippen molar-refractivity contribution in [1.82, 2.24) is 15.1 Å². The fourth-order valence-corrected chi connectivity index (χ4v) is 3.37. The van der Waals surface area contributed by atoms with E-state index in [1.807, 2.05) is 32.0 Å². The normalized spacial score (nSPS) is 12.9. The van der Waals surface area contributed by atoms with Gasteiger partial charge in [-0.3, -0.25) is 9.59 Å². The highest BCUT2D eigenvalue weighted by molar-refractivity contribution is 6.04. The molecule has 1 N–H and O–H groups in total. The van der Waals surface area contributed by atoms with Gasteiger partial charge in [0, 0.05) is 11.9 Å². The molecule has 0 spiro atoms. The molecule has 7 nitrogen and oxygen atoms in total. The van der Waals surface area contributed by atoms with Gasteiger partial charge in [0.2, 0.25) is 0 Å². The van der Waals surface area contributed by atoms with Crippen LogP contribution in [0, 0.1) is 0 Å². The van der Waals surface area contributed by atoms with Crippen molar-refractivity contribution in [3.8, 4) is 11.5 Å². The maximum absolute atomic E-state index is 12.8. The number of nitrogens with zero attached hydrogens (tertiary/aromatic N) is 2. The zero-order chi connectivity index (χ0) is 20.4. The maximum Gasteiger partial charge on any atom is 0.274 e. The molecular formula is C22H23N3O4.